The van der Waals surface area contributed by atoms with Crippen LogP contribution in [0.2, 0.25) is 18.1 Å². The molecule has 0 radical (unpaired) electrons. The molecule has 152 valence electrons. The highest BCUT2D eigenvalue weighted by atomic mass is 28.4. The molecule has 28 heavy (non-hydrogen) atoms. The predicted molar refractivity (Wildman–Crippen MR) is 121 cm³/mol. The van der Waals surface area contributed by atoms with E-state index in [2.05, 4.69) is 69.5 Å². The van der Waals surface area contributed by atoms with Gasteiger partial charge in [-0.2, -0.15) is 0 Å². The lowest BCUT2D eigenvalue weighted by Crippen LogP contribution is -2.41. The van der Waals surface area contributed by atoms with Crippen molar-refractivity contribution >= 4 is 8.32 Å². The van der Waals surface area contributed by atoms with Crippen LogP contribution < -0.4 is 10.1 Å². The molecule has 1 atom stereocenters. The molecule has 0 amide bonds. The van der Waals surface area contributed by atoms with E-state index in [1.54, 1.807) is 0 Å². The second-order valence-corrected chi connectivity index (χ2v) is 13.4. The van der Waals surface area contributed by atoms with E-state index in [0.29, 0.717) is 0 Å². The Morgan fingerprint density at radius 2 is 1.75 bits per heavy atom. The molecule has 0 saturated carbocycles. The Labute approximate surface area is 171 Å². The molecule has 0 aliphatic heterocycles. The van der Waals surface area contributed by atoms with Gasteiger partial charge in [-0.3, -0.25) is 0 Å². The van der Waals surface area contributed by atoms with Crippen LogP contribution in [-0.2, 0) is 10.8 Å². The monoisotopic (exact) mass is 397 g/mol. The van der Waals surface area contributed by atoms with Crippen LogP contribution >= 0.6 is 0 Å². The Hall–Kier alpha value is -2.04. The molecule has 0 aromatic heterocycles. The summed E-state index contributed by atoms with van der Waals surface area (Å²) in [5.41, 5.74) is 2.36. The van der Waals surface area contributed by atoms with Gasteiger partial charge in [0.15, 0.2) is 8.32 Å². The fraction of sp³-hybridized carbons (Fsp3) is 0.417. The molecule has 0 bridgehead atoms. The van der Waals surface area contributed by atoms with Gasteiger partial charge in [-0.15, -0.1) is 0 Å². The van der Waals surface area contributed by atoms with Gasteiger partial charge in [0.05, 0.1) is 0 Å². The third kappa shape index (κ3) is 6.53. The number of ether oxygens (including phenoxy) is 1. The molecular weight excluding hydrogens is 362 g/mol. The number of hydrogen-bond acceptors (Lipinski definition) is 3. The zero-order chi connectivity index (χ0) is 20.6. The molecule has 0 aliphatic carbocycles. The maximum absolute atomic E-state index is 6.32. The van der Waals surface area contributed by atoms with Gasteiger partial charge in [-0.25, -0.2) is 0 Å². The van der Waals surface area contributed by atoms with Gasteiger partial charge in [0.25, 0.3) is 0 Å². The van der Waals surface area contributed by atoms with Crippen molar-refractivity contribution in [2.45, 2.75) is 51.4 Å². The molecule has 2 aromatic carbocycles. The standard InChI is InChI=1S/C24H35NO2Si/c1-24(2,3)28(5,6)26-18-16-20-11-10-14-22(19-20)27-23(15-17-25-4)21-12-8-7-9-13-21/h7-15,17,19,23,25H,16,18H2,1-6H3/t23-/m1/s1. The lowest BCUT2D eigenvalue weighted by atomic mass is 10.1. The van der Waals surface area contributed by atoms with Gasteiger partial charge >= 0.3 is 0 Å². The molecule has 2 rings (SSSR count). The summed E-state index contributed by atoms with van der Waals surface area (Å²) in [6.07, 6.45) is 4.70. The van der Waals surface area contributed by atoms with Crippen molar-refractivity contribution in [2.75, 3.05) is 13.7 Å². The van der Waals surface area contributed by atoms with Crippen LogP contribution in [0.25, 0.3) is 0 Å². The molecule has 0 unspecified atom stereocenters. The van der Waals surface area contributed by atoms with E-state index in [-0.39, 0.29) is 11.1 Å². The molecular formula is C24H35NO2Si. The average molecular weight is 398 g/mol. The Balaban J connectivity index is 2.04. The second-order valence-electron chi connectivity index (χ2n) is 8.60. The summed E-state index contributed by atoms with van der Waals surface area (Å²) in [6.45, 7) is 12.2. The summed E-state index contributed by atoms with van der Waals surface area (Å²) >= 11 is 0. The normalized spacial score (nSPS) is 13.5. The Kier molecular flexibility index (Phi) is 7.90. The summed E-state index contributed by atoms with van der Waals surface area (Å²) < 4.78 is 12.6. The molecule has 0 spiro atoms. The minimum atomic E-state index is -1.70. The first kappa shape index (κ1) is 22.2. The third-order valence-corrected chi connectivity index (χ3v) is 9.93. The molecule has 1 N–H and O–H groups in total. The number of hydrogen-bond donors (Lipinski definition) is 1. The summed E-state index contributed by atoms with van der Waals surface area (Å²) in [4.78, 5) is 0. The fourth-order valence-corrected chi connectivity index (χ4v) is 3.65. The average Bonchev–Trinajstić information content (AvgIpc) is 2.65. The van der Waals surface area contributed by atoms with E-state index in [4.69, 9.17) is 9.16 Å². The first-order valence-electron chi connectivity index (χ1n) is 10.0. The lowest BCUT2D eigenvalue weighted by Gasteiger charge is -2.36. The summed E-state index contributed by atoms with van der Waals surface area (Å²) in [5.74, 6) is 0.874. The highest BCUT2D eigenvalue weighted by Crippen LogP contribution is 2.36. The first-order valence-corrected chi connectivity index (χ1v) is 12.9. The Morgan fingerprint density at radius 1 is 1.04 bits per heavy atom. The Bertz CT molecular complexity index is 751. The van der Waals surface area contributed by atoms with Crippen molar-refractivity contribution in [3.05, 3.63) is 78.0 Å². The molecule has 2 aromatic rings. The van der Waals surface area contributed by atoms with Gasteiger partial charge in [-0.1, -0.05) is 63.2 Å². The van der Waals surface area contributed by atoms with Gasteiger partial charge in [-0.05, 0) is 60.1 Å². The maximum atomic E-state index is 6.32. The highest BCUT2D eigenvalue weighted by molar-refractivity contribution is 6.74. The van der Waals surface area contributed by atoms with Crippen LogP contribution in [0.4, 0.5) is 0 Å². The quantitative estimate of drug-likeness (QED) is 0.518. The fourth-order valence-electron chi connectivity index (χ4n) is 2.61. The van der Waals surface area contributed by atoms with E-state index in [1.807, 2.05) is 43.6 Å². The van der Waals surface area contributed by atoms with E-state index < -0.39 is 8.32 Å². The second kappa shape index (κ2) is 9.94. The molecule has 0 heterocycles. The van der Waals surface area contributed by atoms with Crippen LogP contribution in [0.1, 0.15) is 38.0 Å². The van der Waals surface area contributed by atoms with Crippen LogP contribution in [0, 0.1) is 0 Å². The maximum Gasteiger partial charge on any atom is 0.191 e. The SMILES string of the molecule is CNC=C[C@@H](Oc1cccc(CCO[Si](C)(C)C(C)(C)C)c1)c1ccccc1. The minimum Gasteiger partial charge on any atom is -0.482 e. The molecule has 0 aliphatic rings. The Morgan fingerprint density at radius 3 is 2.39 bits per heavy atom. The number of rotatable bonds is 9. The lowest BCUT2D eigenvalue weighted by molar-refractivity contribution is 0.254. The van der Waals surface area contributed by atoms with Crippen molar-refractivity contribution in [3.8, 4) is 5.75 Å². The van der Waals surface area contributed by atoms with E-state index >= 15 is 0 Å². The minimum absolute atomic E-state index is 0.132. The molecule has 3 nitrogen and oxygen atoms in total. The zero-order valence-electron chi connectivity index (χ0n) is 18.2. The largest absolute Gasteiger partial charge is 0.482 e. The summed E-state index contributed by atoms with van der Waals surface area (Å²) in [6, 6.07) is 18.6. The van der Waals surface area contributed by atoms with Crippen LogP contribution in [0.15, 0.2) is 66.9 Å². The van der Waals surface area contributed by atoms with Crippen molar-refractivity contribution in [1.82, 2.24) is 5.32 Å². The van der Waals surface area contributed by atoms with Crippen molar-refractivity contribution in [3.63, 3.8) is 0 Å². The van der Waals surface area contributed by atoms with Gasteiger partial charge in [0, 0.05) is 13.7 Å². The van der Waals surface area contributed by atoms with Gasteiger partial charge in [0.1, 0.15) is 11.9 Å². The third-order valence-electron chi connectivity index (χ3n) is 5.39. The molecule has 0 saturated heterocycles. The molecule has 4 heteroatoms. The van der Waals surface area contributed by atoms with Crippen LogP contribution in [0.3, 0.4) is 0 Å². The number of benzene rings is 2. The van der Waals surface area contributed by atoms with Crippen molar-refractivity contribution in [2.24, 2.45) is 0 Å². The zero-order valence-corrected chi connectivity index (χ0v) is 19.2. The first-order chi connectivity index (χ1) is 13.2. The van der Waals surface area contributed by atoms with E-state index in [9.17, 15) is 0 Å². The van der Waals surface area contributed by atoms with E-state index in [0.717, 1.165) is 24.3 Å². The van der Waals surface area contributed by atoms with Crippen molar-refractivity contribution in [1.29, 1.82) is 0 Å². The molecule has 0 fully saturated rings. The van der Waals surface area contributed by atoms with Crippen LogP contribution in [-0.4, -0.2) is 22.0 Å². The highest BCUT2D eigenvalue weighted by Gasteiger charge is 2.36. The summed E-state index contributed by atoms with van der Waals surface area (Å²) in [5, 5.41) is 3.28. The summed E-state index contributed by atoms with van der Waals surface area (Å²) in [7, 11) is 0.185. The van der Waals surface area contributed by atoms with E-state index in [1.165, 1.54) is 5.56 Å². The smallest absolute Gasteiger partial charge is 0.191 e. The number of nitrogens with one attached hydrogen (secondary N) is 1. The topological polar surface area (TPSA) is 30.5 Å². The van der Waals surface area contributed by atoms with Gasteiger partial charge in [0.2, 0.25) is 0 Å². The van der Waals surface area contributed by atoms with Crippen molar-refractivity contribution < 1.29 is 9.16 Å². The predicted octanol–water partition coefficient (Wildman–Crippen LogP) is 6.10. The van der Waals surface area contributed by atoms with Crippen LogP contribution in [0.5, 0.6) is 5.75 Å². The van der Waals surface area contributed by atoms with Gasteiger partial charge < -0.3 is 14.5 Å².